The second-order valence-corrected chi connectivity index (χ2v) is 4.82. The molecule has 0 unspecified atom stereocenters. The summed E-state index contributed by atoms with van der Waals surface area (Å²) in [6.45, 7) is 1.25. The van der Waals surface area contributed by atoms with Crippen LogP contribution in [0.3, 0.4) is 0 Å². The van der Waals surface area contributed by atoms with Gasteiger partial charge in [0.15, 0.2) is 0 Å². The molecule has 0 bridgehead atoms. The molecule has 6 nitrogen and oxygen atoms in total. The van der Waals surface area contributed by atoms with Crippen molar-refractivity contribution in [3.63, 3.8) is 0 Å². The van der Waals surface area contributed by atoms with Crippen LogP contribution in [0.15, 0.2) is 67.4 Å². The van der Waals surface area contributed by atoms with Crippen molar-refractivity contribution < 1.29 is 0 Å². The molecule has 0 atom stereocenters. The molecule has 120 valence electrons. The van der Waals surface area contributed by atoms with Crippen LogP contribution in [0.4, 0.5) is 5.82 Å². The van der Waals surface area contributed by atoms with Gasteiger partial charge in [0.2, 0.25) is 0 Å². The number of pyridine rings is 3. The first kappa shape index (κ1) is 17.1. The Labute approximate surface area is 141 Å². The van der Waals surface area contributed by atoms with E-state index in [9.17, 15) is 0 Å². The molecule has 0 aromatic carbocycles. The summed E-state index contributed by atoms with van der Waals surface area (Å²) in [6, 6.07) is 13.3. The summed E-state index contributed by atoms with van der Waals surface area (Å²) in [5, 5.41) is 11.8. The summed E-state index contributed by atoms with van der Waals surface area (Å²) in [5.74, 6) is 0.753. The first-order chi connectivity index (χ1) is 11.8. The third-order valence-electron chi connectivity index (χ3n) is 3.05. The van der Waals surface area contributed by atoms with Crippen molar-refractivity contribution in [2.24, 2.45) is 5.73 Å². The van der Waals surface area contributed by atoms with Crippen molar-refractivity contribution in [1.29, 1.82) is 5.26 Å². The van der Waals surface area contributed by atoms with Crippen LogP contribution in [0.25, 0.3) is 0 Å². The molecule has 3 aromatic rings. The van der Waals surface area contributed by atoms with Gasteiger partial charge in [-0.15, -0.1) is 0 Å². The monoisotopic (exact) mass is 318 g/mol. The fraction of sp³-hybridized carbons (Fsp3) is 0.111. The summed E-state index contributed by atoms with van der Waals surface area (Å²) in [4.78, 5) is 12.0. The van der Waals surface area contributed by atoms with E-state index in [1.165, 1.54) is 0 Å². The normalized spacial score (nSPS) is 9.33. The summed E-state index contributed by atoms with van der Waals surface area (Å²) in [7, 11) is 0. The topological polar surface area (TPSA) is 101 Å². The third-order valence-corrected chi connectivity index (χ3v) is 3.05. The van der Waals surface area contributed by atoms with Gasteiger partial charge in [0.05, 0.1) is 5.56 Å². The molecular weight excluding hydrogens is 300 g/mol. The first-order valence-electron chi connectivity index (χ1n) is 7.39. The molecule has 24 heavy (non-hydrogen) atoms. The van der Waals surface area contributed by atoms with Crippen LogP contribution >= 0.6 is 0 Å². The zero-order chi connectivity index (χ0) is 17.0. The molecule has 3 heterocycles. The minimum atomic E-state index is 0.562. The van der Waals surface area contributed by atoms with E-state index >= 15 is 0 Å². The van der Waals surface area contributed by atoms with Crippen LogP contribution in [0.2, 0.25) is 0 Å². The van der Waals surface area contributed by atoms with Gasteiger partial charge in [-0.2, -0.15) is 5.26 Å². The van der Waals surface area contributed by atoms with Gasteiger partial charge >= 0.3 is 0 Å². The number of hydrogen-bond donors (Lipinski definition) is 2. The maximum absolute atomic E-state index is 8.62. The van der Waals surface area contributed by atoms with E-state index in [-0.39, 0.29) is 0 Å². The molecular formula is C18H18N6. The Kier molecular flexibility index (Phi) is 6.87. The number of hydrogen-bond acceptors (Lipinski definition) is 6. The Balaban J connectivity index is 0.000000219. The largest absolute Gasteiger partial charge is 0.366 e. The van der Waals surface area contributed by atoms with Crippen molar-refractivity contribution >= 4 is 5.82 Å². The van der Waals surface area contributed by atoms with Gasteiger partial charge in [-0.05, 0) is 35.4 Å². The van der Waals surface area contributed by atoms with Crippen molar-refractivity contribution in [3.05, 3.63) is 84.1 Å². The van der Waals surface area contributed by atoms with E-state index in [0.29, 0.717) is 18.7 Å². The number of nitrogens with one attached hydrogen (secondary N) is 1. The van der Waals surface area contributed by atoms with Crippen LogP contribution in [-0.2, 0) is 13.1 Å². The highest BCUT2D eigenvalue weighted by atomic mass is 15.0. The molecule has 0 spiro atoms. The predicted molar refractivity (Wildman–Crippen MR) is 92.6 cm³/mol. The number of aromatic nitrogens is 3. The van der Waals surface area contributed by atoms with E-state index in [4.69, 9.17) is 11.0 Å². The summed E-state index contributed by atoms with van der Waals surface area (Å²) < 4.78 is 0. The fourth-order valence-corrected chi connectivity index (χ4v) is 1.78. The third kappa shape index (κ3) is 5.83. The van der Waals surface area contributed by atoms with Crippen LogP contribution in [0, 0.1) is 11.3 Å². The minimum Gasteiger partial charge on any atom is -0.366 e. The van der Waals surface area contributed by atoms with Crippen molar-refractivity contribution in [1.82, 2.24) is 15.0 Å². The minimum absolute atomic E-state index is 0.562. The van der Waals surface area contributed by atoms with Crippen LogP contribution < -0.4 is 11.1 Å². The van der Waals surface area contributed by atoms with Gasteiger partial charge in [0.25, 0.3) is 0 Å². The zero-order valence-corrected chi connectivity index (χ0v) is 13.1. The lowest BCUT2D eigenvalue weighted by molar-refractivity contribution is 1.05. The molecule has 0 fully saturated rings. The Morgan fingerprint density at radius 3 is 2.12 bits per heavy atom. The smallest absolute Gasteiger partial charge is 0.126 e. The van der Waals surface area contributed by atoms with Crippen molar-refractivity contribution in [2.75, 3.05) is 5.32 Å². The highest BCUT2D eigenvalue weighted by Crippen LogP contribution is 2.06. The number of nitriles is 1. The van der Waals surface area contributed by atoms with Gasteiger partial charge in [-0.3, -0.25) is 9.97 Å². The average molecular weight is 318 g/mol. The summed E-state index contributed by atoms with van der Waals surface area (Å²) in [6.07, 6.45) is 8.59. The average Bonchev–Trinajstić information content (AvgIpc) is 2.69. The Morgan fingerprint density at radius 1 is 0.958 bits per heavy atom. The van der Waals surface area contributed by atoms with Gasteiger partial charge < -0.3 is 11.1 Å². The molecule has 0 saturated carbocycles. The summed E-state index contributed by atoms with van der Waals surface area (Å²) in [5.41, 5.74) is 8.04. The lowest BCUT2D eigenvalue weighted by atomic mass is 10.3. The standard InChI is InChI=1S/C12H10N4.C6H8N2/c13-6-10-3-4-12(15-8-10)16-9-11-2-1-5-14-7-11;7-4-6-2-1-3-8-5-6/h1-5,7-8H,9H2,(H,15,16);1-3,5H,4,7H2. The van der Waals surface area contributed by atoms with E-state index < -0.39 is 0 Å². The van der Waals surface area contributed by atoms with Crippen LogP contribution in [-0.4, -0.2) is 15.0 Å². The lowest BCUT2D eigenvalue weighted by Gasteiger charge is -2.04. The molecule has 0 amide bonds. The second kappa shape index (κ2) is 9.66. The highest BCUT2D eigenvalue weighted by Gasteiger charge is 1.95. The Morgan fingerprint density at radius 2 is 1.67 bits per heavy atom. The van der Waals surface area contributed by atoms with Crippen molar-refractivity contribution in [2.45, 2.75) is 13.1 Å². The molecule has 0 radical (unpaired) electrons. The molecule has 0 aliphatic rings. The Bertz CT molecular complexity index is 751. The second-order valence-electron chi connectivity index (χ2n) is 4.82. The maximum Gasteiger partial charge on any atom is 0.126 e. The molecule has 0 aliphatic carbocycles. The highest BCUT2D eigenvalue weighted by molar-refractivity contribution is 5.39. The number of nitrogens with zero attached hydrogens (tertiary/aromatic N) is 4. The molecule has 3 rings (SSSR count). The zero-order valence-electron chi connectivity index (χ0n) is 13.1. The molecule has 0 aliphatic heterocycles. The predicted octanol–water partition coefficient (Wildman–Crippen LogP) is 2.50. The summed E-state index contributed by atoms with van der Waals surface area (Å²) >= 11 is 0. The molecule has 0 saturated heterocycles. The van der Waals surface area contributed by atoms with Gasteiger partial charge in [0, 0.05) is 44.1 Å². The van der Waals surface area contributed by atoms with E-state index in [1.54, 1.807) is 43.1 Å². The maximum atomic E-state index is 8.62. The molecule has 6 heteroatoms. The first-order valence-corrected chi connectivity index (χ1v) is 7.39. The van der Waals surface area contributed by atoms with E-state index in [2.05, 4.69) is 20.3 Å². The molecule has 3 aromatic heterocycles. The van der Waals surface area contributed by atoms with Gasteiger partial charge in [0.1, 0.15) is 11.9 Å². The van der Waals surface area contributed by atoms with E-state index in [0.717, 1.165) is 16.9 Å². The molecule has 3 N–H and O–H groups in total. The number of anilines is 1. The quantitative estimate of drug-likeness (QED) is 0.766. The SMILES string of the molecule is N#Cc1ccc(NCc2cccnc2)nc1.NCc1cccnc1. The fourth-order valence-electron chi connectivity index (χ4n) is 1.78. The Hall–Kier alpha value is -3.30. The number of nitrogens with two attached hydrogens (primary N) is 1. The van der Waals surface area contributed by atoms with Crippen LogP contribution in [0.5, 0.6) is 0 Å². The number of rotatable bonds is 4. The van der Waals surface area contributed by atoms with Gasteiger partial charge in [-0.1, -0.05) is 12.1 Å². The van der Waals surface area contributed by atoms with Crippen LogP contribution in [0.1, 0.15) is 16.7 Å². The van der Waals surface area contributed by atoms with E-state index in [1.807, 2.05) is 30.3 Å². The van der Waals surface area contributed by atoms with Crippen molar-refractivity contribution in [3.8, 4) is 6.07 Å². The lowest BCUT2D eigenvalue weighted by Crippen LogP contribution is -2.01. The van der Waals surface area contributed by atoms with Gasteiger partial charge in [-0.25, -0.2) is 4.98 Å².